The Morgan fingerprint density at radius 2 is 1.71 bits per heavy atom. The third-order valence-corrected chi connectivity index (χ3v) is 6.19. The second-order valence-corrected chi connectivity index (χ2v) is 7.84. The SMILES string of the molecule is CSc1ccc(S(=O)(=O)N(C)c2ccc(C)c(Cl)c2)cc1. The minimum Gasteiger partial charge on any atom is -0.269 e. The Balaban J connectivity index is 2.39. The fraction of sp³-hybridized carbons (Fsp3) is 0.200. The summed E-state index contributed by atoms with van der Waals surface area (Å²) in [5.74, 6) is 0. The van der Waals surface area contributed by atoms with Crippen LogP contribution in [0, 0.1) is 6.92 Å². The topological polar surface area (TPSA) is 37.4 Å². The van der Waals surface area contributed by atoms with Gasteiger partial charge in [0.2, 0.25) is 0 Å². The lowest BCUT2D eigenvalue weighted by Crippen LogP contribution is -2.26. The van der Waals surface area contributed by atoms with Crippen LogP contribution in [-0.2, 0) is 10.0 Å². The first-order valence-electron chi connectivity index (χ1n) is 6.25. The molecule has 0 radical (unpaired) electrons. The standard InChI is InChI=1S/C15H16ClNO2S2/c1-11-4-5-12(10-15(11)16)17(2)21(18,19)14-8-6-13(20-3)7-9-14/h4-10H,1-3H3. The lowest BCUT2D eigenvalue weighted by Gasteiger charge is -2.20. The molecule has 0 saturated heterocycles. The number of anilines is 1. The van der Waals surface area contributed by atoms with Crippen LogP contribution in [0.15, 0.2) is 52.3 Å². The Kier molecular flexibility index (Phi) is 4.86. The number of thioether (sulfide) groups is 1. The Hall–Kier alpha value is -1.17. The monoisotopic (exact) mass is 341 g/mol. The third kappa shape index (κ3) is 3.36. The van der Waals surface area contributed by atoms with Gasteiger partial charge in [0.1, 0.15) is 0 Å². The van der Waals surface area contributed by atoms with Gasteiger partial charge in [-0.15, -0.1) is 11.8 Å². The Morgan fingerprint density at radius 3 is 2.24 bits per heavy atom. The summed E-state index contributed by atoms with van der Waals surface area (Å²) in [6.07, 6.45) is 1.95. The van der Waals surface area contributed by atoms with Crippen molar-refractivity contribution < 1.29 is 8.42 Å². The number of hydrogen-bond acceptors (Lipinski definition) is 3. The minimum atomic E-state index is -3.58. The average Bonchev–Trinajstić information content (AvgIpc) is 2.49. The molecule has 0 fully saturated rings. The molecule has 0 heterocycles. The van der Waals surface area contributed by atoms with Crippen LogP contribution in [0.4, 0.5) is 5.69 Å². The van der Waals surface area contributed by atoms with Crippen LogP contribution in [0.25, 0.3) is 0 Å². The van der Waals surface area contributed by atoms with Crippen molar-refractivity contribution in [2.24, 2.45) is 0 Å². The lowest BCUT2D eigenvalue weighted by molar-refractivity contribution is 0.594. The number of sulfonamides is 1. The summed E-state index contributed by atoms with van der Waals surface area (Å²) >= 11 is 7.64. The number of rotatable bonds is 4. The Morgan fingerprint density at radius 1 is 1.10 bits per heavy atom. The van der Waals surface area contributed by atoms with E-state index in [1.165, 1.54) is 11.4 Å². The molecule has 2 aromatic rings. The van der Waals surface area contributed by atoms with E-state index in [9.17, 15) is 8.42 Å². The highest BCUT2D eigenvalue weighted by Crippen LogP contribution is 2.27. The summed E-state index contributed by atoms with van der Waals surface area (Å²) in [5, 5.41) is 0.548. The summed E-state index contributed by atoms with van der Waals surface area (Å²) in [6, 6.07) is 12.0. The molecule has 0 spiro atoms. The minimum absolute atomic E-state index is 0.263. The van der Waals surface area contributed by atoms with Gasteiger partial charge in [-0.2, -0.15) is 0 Å². The Bertz CT molecular complexity index is 743. The van der Waals surface area contributed by atoms with Crippen molar-refractivity contribution in [2.75, 3.05) is 17.6 Å². The van der Waals surface area contributed by atoms with Gasteiger partial charge in [-0.05, 0) is 55.1 Å². The maximum absolute atomic E-state index is 12.6. The van der Waals surface area contributed by atoms with Crippen molar-refractivity contribution in [1.82, 2.24) is 0 Å². The van der Waals surface area contributed by atoms with Crippen LogP contribution in [-0.4, -0.2) is 21.7 Å². The van der Waals surface area contributed by atoms with E-state index in [0.29, 0.717) is 10.7 Å². The molecule has 6 heteroatoms. The summed E-state index contributed by atoms with van der Waals surface area (Å²) < 4.78 is 26.5. The van der Waals surface area contributed by atoms with E-state index in [-0.39, 0.29) is 4.90 Å². The molecule has 0 amide bonds. The summed E-state index contributed by atoms with van der Waals surface area (Å²) in [7, 11) is -2.05. The zero-order valence-electron chi connectivity index (χ0n) is 12.0. The largest absolute Gasteiger partial charge is 0.269 e. The van der Waals surface area contributed by atoms with Crippen molar-refractivity contribution in [2.45, 2.75) is 16.7 Å². The van der Waals surface area contributed by atoms with Crippen LogP contribution in [0.1, 0.15) is 5.56 Å². The zero-order valence-corrected chi connectivity index (χ0v) is 14.4. The predicted octanol–water partition coefficient (Wildman–Crippen LogP) is 4.20. The normalized spacial score (nSPS) is 11.4. The number of nitrogens with zero attached hydrogens (tertiary/aromatic N) is 1. The summed E-state index contributed by atoms with van der Waals surface area (Å²) in [6.45, 7) is 1.88. The van der Waals surface area contributed by atoms with Gasteiger partial charge in [0.25, 0.3) is 10.0 Å². The average molecular weight is 342 g/mol. The quantitative estimate of drug-likeness (QED) is 0.782. The van der Waals surface area contributed by atoms with Crippen molar-refractivity contribution in [3.05, 3.63) is 53.1 Å². The molecule has 21 heavy (non-hydrogen) atoms. The fourth-order valence-electron chi connectivity index (χ4n) is 1.82. The number of halogens is 1. The molecule has 112 valence electrons. The molecule has 0 aliphatic carbocycles. The van der Waals surface area contributed by atoms with E-state index >= 15 is 0 Å². The first kappa shape index (κ1) is 16.2. The zero-order chi connectivity index (χ0) is 15.6. The maximum Gasteiger partial charge on any atom is 0.264 e. The van der Waals surface area contributed by atoms with Crippen LogP contribution < -0.4 is 4.31 Å². The molecule has 2 aromatic carbocycles. The molecular weight excluding hydrogens is 326 g/mol. The van der Waals surface area contributed by atoms with Gasteiger partial charge in [-0.25, -0.2) is 8.42 Å². The molecule has 0 saturated carbocycles. The van der Waals surface area contributed by atoms with Crippen LogP contribution in [0.3, 0.4) is 0 Å². The lowest BCUT2D eigenvalue weighted by atomic mass is 10.2. The summed E-state index contributed by atoms with van der Waals surface area (Å²) in [4.78, 5) is 1.29. The molecule has 0 unspecified atom stereocenters. The molecule has 0 atom stereocenters. The van der Waals surface area contributed by atoms with Crippen molar-refractivity contribution >= 4 is 39.1 Å². The van der Waals surface area contributed by atoms with Gasteiger partial charge in [0, 0.05) is 17.0 Å². The predicted molar refractivity (Wildman–Crippen MR) is 90.0 cm³/mol. The van der Waals surface area contributed by atoms with Crippen molar-refractivity contribution in [3.63, 3.8) is 0 Å². The summed E-state index contributed by atoms with van der Waals surface area (Å²) in [5.41, 5.74) is 1.45. The highest BCUT2D eigenvalue weighted by molar-refractivity contribution is 7.98. The van der Waals surface area contributed by atoms with Crippen molar-refractivity contribution in [1.29, 1.82) is 0 Å². The number of hydrogen-bond donors (Lipinski definition) is 0. The van der Waals surface area contributed by atoms with Crippen molar-refractivity contribution in [3.8, 4) is 0 Å². The van der Waals surface area contributed by atoms with Crippen LogP contribution >= 0.6 is 23.4 Å². The fourth-order valence-corrected chi connectivity index (χ4v) is 3.59. The highest BCUT2D eigenvalue weighted by Gasteiger charge is 2.21. The van der Waals surface area contributed by atoms with E-state index in [2.05, 4.69) is 0 Å². The molecule has 2 rings (SSSR count). The Labute approximate surface area is 135 Å². The van der Waals surface area contributed by atoms with Gasteiger partial charge < -0.3 is 0 Å². The number of benzene rings is 2. The molecule has 3 nitrogen and oxygen atoms in total. The smallest absolute Gasteiger partial charge is 0.264 e. The van der Waals surface area contributed by atoms with Crippen LogP contribution in [0.2, 0.25) is 5.02 Å². The van der Waals surface area contributed by atoms with E-state index in [1.54, 1.807) is 54.2 Å². The first-order chi connectivity index (χ1) is 9.86. The second-order valence-electron chi connectivity index (χ2n) is 4.58. The van der Waals surface area contributed by atoms with E-state index < -0.39 is 10.0 Å². The van der Waals surface area contributed by atoms with Crippen LogP contribution in [0.5, 0.6) is 0 Å². The third-order valence-electron chi connectivity index (χ3n) is 3.24. The van der Waals surface area contributed by atoms with Gasteiger partial charge in [0.05, 0.1) is 10.6 Å². The van der Waals surface area contributed by atoms with Gasteiger partial charge in [0.15, 0.2) is 0 Å². The molecule has 0 aliphatic heterocycles. The highest BCUT2D eigenvalue weighted by atomic mass is 35.5. The maximum atomic E-state index is 12.6. The molecule has 0 N–H and O–H groups in total. The molecular formula is C15H16ClNO2S2. The van der Waals surface area contributed by atoms with E-state index in [4.69, 9.17) is 11.6 Å². The first-order valence-corrected chi connectivity index (χ1v) is 9.29. The van der Waals surface area contributed by atoms with E-state index in [0.717, 1.165) is 10.5 Å². The van der Waals surface area contributed by atoms with E-state index in [1.807, 2.05) is 13.2 Å². The van der Waals surface area contributed by atoms with Gasteiger partial charge in [-0.3, -0.25) is 4.31 Å². The second kappa shape index (κ2) is 6.30. The van der Waals surface area contributed by atoms with Gasteiger partial charge >= 0.3 is 0 Å². The van der Waals surface area contributed by atoms with Gasteiger partial charge in [-0.1, -0.05) is 17.7 Å². The molecule has 0 bridgehead atoms. The number of aryl methyl sites for hydroxylation is 1. The molecule has 0 aromatic heterocycles. The molecule has 0 aliphatic rings.